The molecule has 0 fully saturated rings. The Balaban J connectivity index is 2.30. The molecule has 0 saturated carbocycles. The lowest BCUT2D eigenvalue weighted by atomic mass is 10.2. The Morgan fingerprint density at radius 1 is 1.26 bits per heavy atom. The molecule has 8 nitrogen and oxygen atoms in total. The molecule has 98 valence electrons. The van der Waals surface area contributed by atoms with Crippen LogP contribution in [-0.4, -0.2) is 19.6 Å². The number of aromatic nitrogens is 2. The standard InChI is InChI=1S/C10H7BrN4O4/c11-10-7(2-1-3-9(10)15(18)19)5-13-6-8(4-12-13)14(16)17/h1-4,6H,5H2. The van der Waals surface area contributed by atoms with Crippen molar-refractivity contribution in [3.05, 3.63) is 60.9 Å². The van der Waals surface area contributed by atoms with Gasteiger partial charge in [0.1, 0.15) is 16.9 Å². The summed E-state index contributed by atoms with van der Waals surface area (Å²) in [5.74, 6) is 0. The fourth-order valence-electron chi connectivity index (χ4n) is 1.54. The largest absolute Gasteiger partial charge is 0.307 e. The van der Waals surface area contributed by atoms with Gasteiger partial charge in [-0.15, -0.1) is 0 Å². The Morgan fingerprint density at radius 2 is 2.00 bits per heavy atom. The van der Waals surface area contributed by atoms with Crippen molar-refractivity contribution in [3.63, 3.8) is 0 Å². The number of hydrogen-bond acceptors (Lipinski definition) is 5. The van der Waals surface area contributed by atoms with Gasteiger partial charge >= 0.3 is 5.69 Å². The van der Waals surface area contributed by atoms with E-state index < -0.39 is 9.85 Å². The number of halogens is 1. The van der Waals surface area contributed by atoms with Crippen LogP contribution in [0.4, 0.5) is 11.4 Å². The van der Waals surface area contributed by atoms with Gasteiger partial charge in [0, 0.05) is 6.07 Å². The first-order chi connectivity index (χ1) is 8.99. The summed E-state index contributed by atoms with van der Waals surface area (Å²) in [5, 5.41) is 25.1. The first-order valence-electron chi connectivity index (χ1n) is 5.07. The Bertz CT molecular complexity index is 655. The fraction of sp³-hybridized carbons (Fsp3) is 0.100. The fourth-order valence-corrected chi connectivity index (χ4v) is 2.07. The lowest BCUT2D eigenvalue weighted by molar-refractivity contribution is -0.385. The van der Waals surface area contributed by atoms with Gasteiger partial charge in [-0.2, -0.15) is 5.10 Å². The summed E-state index contributed by atoms with van der Waals surface area (Å²) in [6.45, 7) is 0.204. The van der Waals surface area contributed by atoms with Crippen molar-refractivity contribution in [2.45, 2.75) is 6.54 Å². The molecule has 2 aromatic rings. The van der Waals surface area contributed by atoms with Crippen molar-refractivity contribution in [1.29, 1.82) is 0 Å². The predicted octanol–water partition coefficient (Wildman–Crippen LogP) is 2.51. The van der Waals surface area contributed by atoms with E-state index in [-0.39, 0.29) is 17.9 Å². The third-order valence-electron chi connectivity index (χ3n) is 2.42. The molecule has 19 heavy (non-hydrogen) atoms. The Morgan fingerprint density at radius 3 is 2.58 bits per heavy atom. The normalized spacial score (nSPS) is 10.4. The maximum atomic E-state index is 10.8. The van der Waals surface area contributed by atoms with Crippen molar-refractivity contribution in [3.8, 4) is 0 Å². The number of benzene rings is 1. The molecule has 0 N–H and O–H groups in total. The third-order valence-corrected chi connectivity index (χ3v) is 3.33. The second-order valence-electron chi connectivity index (χ2n) is 3.66. The van der Waals surface area contributed by atoms with E-state index in [1.807, 2.05) is 0 Å². The minimum Gasteiger partial charge on any atom is -0.261 e. The summed E-state index contributed by atoms with van der Waals surface area (Å²) < 4.78 is 1.69. The highest BCUT2D eigenvalue weighted by Crippen LogP contribution is 2.28. The van der Waals surface area contributed by atoms with Crippen molar-refractivity contribution in [2.75, 3.05) is 0 Å². The second-order valence-corrected chi connectivity index (χ2v) is 4.45. The summed E-state index contributed by atoms with van der Waals surface area (Å²) in [6.07, 6.45) is 2.40. The van der Waals surface area contributed by atoms with Gasteiger partial charge in [0.2, 0.25) is 0 Å². The number of nitro benzene ring substituents is 1. The zero-order chi connectivity index (χ0) is 14.0. The molecule has 0 aliphatic heterocycles. The van der Waals surface area contributed by atoms with Gasteiger partial charge in [-0.25, -0.2) is 0 Å². The van der Waals surface area contributed by atoms with Crippen molar-refractivity contribution >= 4 is 27.3 Å². The van der Waals surface area contributed by atoms with Crippen LogP contribution < -0.4 is 0 Å². The Labute approximate surface area is 115 Å². The summed E-state index contributed by atoms with van der Waals surface area (Å²) in [4.78, 5) is 20.3. The van der Waals surface area contributed by atoms with E-state index in [0.717, 1.165) is 6.20 Å². The van der Waals surface area contributed by atoms with Gasteiger partial charge < -0.3 is 0 Å². The number of rotatable bonds is 4. The molecule has 0 radical (unpaired) electrons. The monoisotopic (exact) mass is 326 g/mol. The Hall–Kier alpha value is -2.29. The molecule has 0 saturated heterocycles. The van der Waals surface area contributed by atoms with Crippen LogP contribution in [0.15, 0.2) is 35.1 Å². The van der Waals surface area contributed by atoms with E-state index in [1.54, 1.807) is 12.1 Å². The van der Waals surface area contributed by atoms with Crippen LogP contribution in [0.5, 0.6) is 0 Å². The predicted molar refractivity (Wildman–Crippen MR) is 68.8 cm³/mol. The zero-order valence-corrected chi connectivity index (χ0v) is 11.0. The molecule has 2 rings (SSSR count). The first-order valence-corrected chi connectivity index (χ1v) is 5.87. The molecule has 9 heteroatoms. The zero-order valence-electron chi connectivity index (χ0n) is 9.39. The van der Waals surface area contributed by atoms with E-state index in [9.17, 15) is 20.2 Å². The number of nitro groups is 2. The van der Waals surface area contributed by atoms with Gasteiger partial charge in [-0.1, -0.05) is 12.1 Å². The van der Waals surface area contributed by atoms with Crippen molar-refractivity contribution in [2.24, 2.45) is 0 Å². The van der Waals surface area contributed by atoms with Crippen molar-refractivity contribution < 1.29 is 9.85 Å². The average molecular weight is 327 g/mol. The second kappa shape index (κ2) is 5.14. The summed E-state index contributed by atoms with van der Waals surface area (Å²) >= 11 is 3.16. The topological polar surface area (TPSA) is 104 Å². The van der Waals surface area contributed by atoms with Crippen LogP contribution in [0.25, 0.3) is 0 Å². The van der Waals surface area contributed by atoms with Gasteiger partial charge in [-0.3, -0.25) is 24.9 Å². The lowest BCUT2D eigenvalue weighted by Gasteiger charge is -2.04. The van der Waals surface area contributed by atoms with Crippen LogP contribution in [-0.2, 0) is 6.54 Å². The van der Waals surface area contributed by atoms with Gasteiger partial charge in [0.15, 0.2) is 0 Å². The minimum atomic E-state index is -0.550. The molecular weight excluding hydrogens is 320 g/mol. The molecule has 1 heterocycles. The van der Waals surface area contributed by atoms with Crippen LogP contribution in [0, 0.1) is 20.2 Å². The van der Waals surface area contributed by atoms with E-state index in [1.165, 1.54) is 16.9 Å². The molecule has 0 spiro atoms. The minimum absolute atomic E-state index is 0.0563. The molecule has 0 atom stereocenters. The molecule has 0 aliphatic carbocycles. The van der Waals surface area contributed by atoms with Crippen LogP contribution in [0.2, 0.25) is 0 Å². The van der Waals surface area contributed by atoms with Gasteiger partial charge in [0.05, 0.1) is 16.4 Å². The molecule has 0 amide bonds. The number of hydrogen-bond donors (Lipinski definition) is 0. The van der Waals surface area contributed by atoms with Gasteiger partial charge in [-0.05, 0) is 21.5 Å². The lowest BCUT2D eigenvalue weighted by Crippen LogP contribution is -2.02. The van der Waals surface area contributed by atoms with Gasteiger partial charge in [0.25, 0.3) is 5.69 Å². The van der Waals surface area contributed by atoms with Crippen LogP contribution >= 0.6 is 15.9 Å². The maximum Gasteiger partial charge on any atom is 0.307 e. The molecule has 0 bridgehead atoms. The molecule has 1 aromatic carbocycles. The van der Waals surface area contributed by atoms with E-state index >= 15 is 0 Å². The quantitative estimate of drug-likeness (QED) is 0.634. The van der Waals surface area contributed by atoms with Crippen LogP contribution in [0.3, 0.4) is 0 Å². The third kappa shape index (κ3) is 2.76. The highest BCUT2D eigenvalue weighted by Gasteiger charge is 2.16. The summed E-state index contributed by atoms with van der Waals surface area (Å²) in [7, 11) is 0. The number of nitrogens with zero attached hydrogens (tertiary/aromatic N) is 4. The van der Waals surface area contributed by atoms with Crippen LogP contribution in [0.1, 0.15) is 5.56 Å². The Kier molecular flexibility index (Phi) is 3.56. The molecule has 1 aromatic heterocycles. The highest BCUT2D eigenvalue weighted by molar-refractivity contribution is 9.10. The van der Waals surface area contributed by atoms with Crippen molar-refractivity contribution in [1.82, 2.24) is 9.78 Å². The smallest absolute Gasteiger partial charge is 0.261 e. The first kappa shape index (κ1) is 13.1. The molecule has 0 aliphatic rings. The molecule has 0 unspecified atom stereocenters. The van der Waals surface area contributed by atoms with E-state index in [0.29, 0.717) is 10.0 Å². The molecular formula is C10H7BrN4O4. The highest BCUT2D eigenvalue weighted by atomic mass is 79.9. The average Bonchev–Trinajstić information content (AvgIpc) is 2.80. The summed E-state index contributed by atoms with van der Waals surface area (Å²) in [6, 6.07) is 4.61. The van der Waals surface area contributed by atoms with E-state index in [2.05, 4.69) is 21.0 Å². The van der Waals surface area contributed by atoms with E-state index in [4.69, 9.17) is 0 Å². The summed E-state index contributed by atoms with van der Waals surface area (Å²) in [5.41, 5.74) is 0.438. The SMILES string of the molecule is O=[N+]([O-])c1cnn(Cc2cccc([N+](=O)[O-])c2Br)c1. The maximum absolute atomic E-state index is 10.8.